The molecule has 7 heteroatoms. The van der Waals surface area contributed by atoms with E-state index < -0.39 is 23.7 Å². The van der Waals surface area contributed by atoms with E-state index in [1.807, 2.05) is 31.2 Å². The number of thioether (sulfide) groups is 1. The van der Waals surface area contributed by atoms with Gasteiger partial charge in [-0.1, -0.05) is 43.0 Å². The van der Waals surface area contributed by atoms with Crippen molar-refractivity contribution in [2.24, 2.45) is 0 Å². The molecule has 0 aliphatic carbocycles. The van der Waals surface area contributed by atoms with E-state index in [2.05, 4.69) is 5.32 Å². The molecule has 1 unspecified atom stereocenters. The number of nitrogens with one attached hydrogen (secondary N) is 1. The highest BCUT2D eigenvalue weighted by molar-refractivity contribution is 8.13. The lowest BCUT2D eigenvalue weighted by atomic mass is 10.0. The lowest BCUT2D eigenvalue weighted by molar-refractivity contribution is -0.136. The van der Waals surface area contributed by atoms with Crippen molar-refractivity contribution in [2.75, 3.05) is 5.75 Å². The van der Waals surface area contributed by atoms with E-state index in [4.69, 9.17) is 9.84 Å². The number of carbonyl (C=O) groups is 3. The zero-order valence-electron chi connectivity index (χ0n) is 15.7. The van der Waals surface area contributed by atoms with Gasteiger partial charge in [0, 0.05) is 12.2 Å². The summed E-state index contributed by atoms with van der Waals surface area (Å²) in [4.78, 5) is 35.2. The number of hydrogen-bond donors (Lipinski definition) is 2. The molecule has 0 radical (unpaired) electrons. The Hall–Kier alpha value is -2.02. The van der Waals surface area contributed by atoms with Crippen LogP contribution in [-0.4, -0.2) is 39.7 Å². The van der Waals surface area contributed by atoms with Crippen LogP contribution in [0.2, 0.25) is 0 Å². The molecule has 0 fully saturated rings. The Balaban J connectivity index is 2.83. The number of aliphatic carboxylic acids is 1. The molecule has 1 rings (SSSR count). The van der Waals surface area contributed by atoms with Gasteiger partial charge in [0.15, 0.2) is 0 Å². The van der Waals surface area contributed by atoms with Gasteiger partial charge in [0.25, 0.3) is 0 Å². The normalized spacial score (nSPS) is 12.3. The second-order valence-corrected chi connectivity index (χ2v) is 7.99. The lowest BCUT2D eigenvalue weighted by Crippen LogP contribution is -2.44. The molecule has 0 saturated heterocycles. The number of alkyl carbamates (subject to hydrolysis) is 1. The van der Waals surface area contributed by atoms with Crippen LogP contribution in [0.3, 0.4) is 0 Å². The molecular weight excluding hydrogens is 354 g/mol. The number of ether oxygens (including phenoxy) is 1. The Kier molecular flexibility index (Phi) is 8.65. The van der Waals surface area contributed by atoms with Gasteiger partial charge >= 0.3 is 12.1 Å². The average Bonchev–Trinajstić information content (AvgIpc) is 2.52. The summed E-state index contributed by atoms with van der Waals surface area (Å²) in [7, 11) is 0. The number of rotatable bonds is 8. The van der Waals surface area contributed by atoms with E-state index in [-0.39, 0.29) is 17.3 Å². The highest BCUT2D eigenvalue weighted by Crippen LogP contribution is 2.15. The van der Waals surface area contributed by atoms with Crippen LogP contribution in [0.4, 0.5) is 4.79 Å². The summed E-state index contributed by atoms with van der Waals surface area (Å²) in [5.74, 6) is -0.798. The first-order valence-corrected chi connectivity index (χ1v) is 9.55. The van der Waals surface area contributed by atoms with Crippen molar-refractivity contribution in [2.45, 2.75) is 58.6 Å². The van der Waals surface area contributed by atoms with Crippen molar-refractivity contribution in [3.05, 3.63) is 35.4 Å². The molecule has 0 aromatic heterocycles. The monoisotopic (exact) mass is 381 g/mol. The first kappa shape index (κ1) is 22.0. The zero-order chi connectivity index (χ0) is 19.7. The summed E-state index contributed by atoms with van der Waals surface area (Å²) in [5.41, 5.74) is 1.40. The standard InChI is InChI=1S/C19H27NO5S/c1-5-13-7-6-8-14(11-13)12-15(17(23)26-10-9-16(21)22)20-18(24)25-19(2,3)4/h6-8,11,15H,5,9-10,12H2,1-4H3,(H,20,24)(H,21,22). The van der Waals surface area contributed by atoms with Crippen molar-refractivity contribution < 1.29 is 24.2 Å². The molecule has 0 aliphatic rings. The highest BCUT2D eigenvalue weighted by atomic mass is 32.2. The molecule has 0 spiro atoms. The van der Waals surface area contributed by atoms with Gasteiger partial charge in [-0.2, -0.15) is 0 Å². The largest absolute Gasteiger partial charge is 0.481 e. The summed E-state index contributed by atoms with van der Waals surface area (Å²) < 4.78 is 5.24. The maximum Gasteiger partial charge on any atom is 0.408 e. The first-order valence-electron chi connectivity index (χ1n) is 8.56. The quantitative estimate of drug-likeness (QED) is 0.717. The minimum Gasteiger partial charge on any atom is -0.481 e. The third-order valence-corrected chi connectivity index (χ3v) is 4.35. The number of carboxylic acids is 1. The van der Waals surface area contributed by atoms with E-state index in [0.29, 0.717) is 6.42 Å². The molecule has 6 nitrogen and oxygen atoms in total. The fourth-order valence-corrected chi connectivity index (χ4v) is 3.02. The van der Waals surface area contributed by atoms with Crippen molar-refractivity contribution in [3.8, 4) is 0 Å². The molecule has 1 aromatic carbocycles. The first-order chi connectivity index (χ1) is 12.1. The van der Waals surface area contributed by atoms with Gasteiger partial charge in [-0.25, -0.2) is 4.79 Å². The lowest BCUT2D eigenvalue weighted by Gasteiger charge is -2.23. The molecule has 0 aliphatic heterocycles. The number of benzene rings is 1. The zero-order valence-corrected chi connectivity index (χ0v) is 16.5. The average molecular weight is 381 g/mol. The van der Waals surface area contributed by atoms with Gasteiger partial charge < -0.3 is 15.2 Å². The Morgan fingerprint density at radius 2 is 1.88 bits per heavy atom. The number of hydrogen-bond acceptors (Lipinski definition) is 5. The van der Waals surface area contributed by atoms with E-state index >= 15 is 0 Å². The summed E-state index contributed by atoms with van der Waals surface area (Å²) in [6, 6.07) is 7.04. The van der Waals surface area contributed by atoms with Crippen LogP contribution >= 0.6 is 11.8 Å². The van der Waals surface area contributed by atoms with Crippen LogP contribution in [0.25, 0.3) is 0 Å². The molecule has 0 heterocycles. The number of carbonyl (C=O) groups excluding carboxylic acids is 2. The Morgan fingerprint density at radius 1 is 1.23 bits per heavy atom. The highest BCUT2D eigenvalue weighted by Gasteiger charge is 2.25. The summed E-state index contributed by atoms with van der Waals surface area (Å²) in [5, 5.41) is 11.1. The van der Waals surface area contributed by atoms with Crippen molar-refractivity contribution in [1.29, 1.82) is 0 Å². The second kappa shape index (κ2) is 10.2. The molecule has 144 valence electrons. The second-order valence-electron chi connectivity index (χ2n) is 6.89. The summed E-state index contributed by atoms with van der Waals surface area (Å²) >= 11 is 0.912. The molecule has 2 N–H and O–H groups in total. The summed E-state index contributed by atoms with van der Waals surface area (Å²) in [6.07, 6.45) is 0.424. The number of carboxylic acid groups (broad SMARTS) is 1. The number of amides is 1. The molecule has 26 heavy (non-hydrogen) atoms. The molecule has 1 amide bonds. The smallest absolute Gasteiger partial charge is 0.408 e. The van der Waals surface area contributed by atoms with E-state index in [9.17, 15) is 14.4 Å². The Labute approximate surface area is 158 Å². The van der Waals surface area contributed by atoms with Crippen molar-refractivity contribution in [1.82, 2.24) is 5.32 Å². The van der Waals surface area contributed by atoms with Crippen LogP contribution in [0.5, 0.6) is 0 Å². The van der Waals surface area contributed by atoms with E-state index in [0.717, 1.165) is 29.3 Å². The van der Waals surface area contributed by atoms with Crippen LogP contribution in [0.15, 0.2) is 24.3 Å². The van der Waals surface area contributed by atoms with Gasteiger partial charge in [-0.05, 0) is 38.3 Å². The predicted molar refractivity (Wildman–Crippen MR) is 102 cm³/mol. The van der Waals surface area contributed by atoms with Gasteiger partial charge in [0.2, 0.25) is 5.12 Å². The van der Waals surface area contributed by atoms with Crippen LogP contribution in [0.1, 0.15) is 45.2 Å². The predicted octanol–water partition coefficient (Wildman–Crippen LogP) is 3.42. The van der Waals surface area contributed by atoms with E-state index in [1.165, 1.54) is 0 Å². The van der Waals surface area contributed by atoms with Gasteiger partial charge in [-0.15, -0.1) is 0 Å². The topological polar surface area (TPSA) is 92.7 Å². The molecule has 1 aromatic rings. The van der Waals surface area contributed by atoms with Gasteiger partial charge in [0.1, 0.15) is 11.6 Å². The summed E-state index contributed by atoms with van der Waals surface area (Å²) in [6.45, 7) is 7.28. The maximum absolute atomic E-state index is 12.5. The molecular formula is C19H27NO5S. The Morgan fingerprint density at radius 3 is 2.46 bits per heavy atom. The van der Waals surface area contributed by atoms with Crippen molar-refractivity contribution in [3.63, 3.8) is 0 Å². The molecule has 0 saturated carbocycles. The SMILES string of the molecule is CCc1cccc(CC(NC(=O)OC(C)(C)C)C(=O)SCCC(=O)O)c1. The fraction of sp³-hybridized carbons (Fsp3) is 0.526. The molecule has 0 bridgehead atoms. The maximum atomic E-state index is 12.5. The van der Waals surface area contributed by atoms with Crippen LogP contribution in [-0.2, 0) is 27.2 Å². The van der Waals surface area contributed by atoms with Crippen molar-refractivity contribution >= 4 is 28.9 Å². The fourth-order valence-electron chi connectivity index (χ4n) is 2.19. The van der Waals surface area contributed by atoms with Gasteiger partial charge in [0.05, 0.1) is 6.42 Å². The third-order valence-electron chi connectivity index (χ3n) is 3.38. The van der Waals surface area contributed by atoms with Gasteiger partial charge in [-0.3, -0.25) is 9.59 Å². The molecule has 1 atom stereocenters. The Bertz CT molecular complexity index is 639. The third kappa shape index (κ3) is 8.89. The number of aryl methyl sites for hydroxylation is 1. The van der Waals surface area contributed by atoms with E-state index in [1.54, 1.807) is 20.8 Å². The minimum atomic E-state index is -0.961. The van der Waals surface area contributed by atoms with Crippen LogP contribution < -0.4 is 5.32 Å². The minimum absolute atomic E-state index is 0.110. The van der Waals surface area contributed by atoms with Crippen LogP contribution in [0, 0.1) is 0 Å².